The predicted octanol–water partition coefficient (Wildman–Crippen LogP) is 4.79. The molecule has 1 saturated heterocycles. The van der Waals surface area contributed by atoms with Crippen molar-refractivity contribution in [1.29, 1.82) is 0 Å². The lowest BCUT2D eigenvalue weighted by Crippen LogP contribution is -2.44. The van der Waals surface area contributed by atoms with Gasteiger partial charge in [-0.2, -0.15) is 13.2 Å². The van der Waals surface area contributed by atoms with E-state index in [0.717, 1.165) is 50.8 Å². The molecule has 1 fully saturated rings. The summed E-state index contributed by atoms with van der Waals surface area (Å²) >= 11 is 0. The average molecular weight is 474 g/mol. The summed E-state index contributed by atoms with van der Waals surface area (Å²) in [6, 6.07) is 5.83. The van der Waals surface area contributed by atoms with Gasteiger partial charge in [-0.3, -0.25) is 0 Å². The lowest BCUT2D eigenvalue weighted by Gasteiger charge is -2.38. The number of anilines is 4. The van der Waals surface area contributed by atoms with Gasteiger partial charge in [-0.05, 0) is 38.0 Å². The highest BCUT2D eigenvalue weighted by molar-refractivity contribution is 5.77. The Morgan fingerprint density at radius 2 is 2.06 bits per heavy atom. The van der Waals surface area contributed by atoms with Crippen molar-refractivity contribution in [1.82, 2.24) is 15.3 Å². The highest BCUT2D eigenvalue weighted by atomic mass is 19.4. The Labute approximate surface area is 197 Å². The Balaban J connectivity index is 1.58. The van der Waals surface area contributed by atoms with Gasteiger partial charge in [-0.15, -0.1) is 0 Å². The number of aromatic nitrogens is 2. The molecule has 34 heavy (non-hydrogen) atoms. The fourth-order valence-electron chi connectivity index (χ4n) is 4.23. The number of halogens is 3. The van der Waals surface area contributed by atoms with Crippen LogP contribution in [0.1, 0.15) is 32.4 Å². The Bertz CT molecular complexity index is 1070. The molecule has 7 nitrogen and oxygen atoms in total. The molecule has 4 heterocycles. The summed E-state index contributed by atoms with van der Waals surface area (Å²) in [7, 11) is 0. The topological polar surface area (TPSA) is 68.4 Å². The van der Waals surface area contributed by atoms with E-state index in [9.17, 15) is 13.2 Å². The van der Waals surface area contributed by atoms with Crippen molar-refractivity contribution in [2.45, 2.75) is 44.9 Å². The van der Waals surface area contributed by atoms with Crippen LogP contribution < -0.4 is 25.8 Å². The maximum atomic E-state index is 13.0. The SMILES string of the molecule is C=C(N[C@H](C)C(F)(F)F)c1ccc2c(n1)N(C(=C)Nc1cc(NCCC)ccn1)C1CCN2C1. The fraction of sp³-hybridized carbons (Fsp3) is 0.417. The molecule has 0 aromatic carbocycles. The molecule has 10 heteroatoms. The van der Waals surface area contributed by atoms with Gasteiger partial charge in [0, 0.05) is 37.6 Å². The number of hydrogen-bond donors (Lipinski definition) is 3. The van der Waals surface area contributed by atoms with Crippen molar-refractivity contribution in [3.05, 3.63) is 55.1 Å². The summed E-state index contributed by atoms with van der Waals surface area (Å²) in [5.41, 5.74) is 2.36. The normalized spacial score (nSPS) is 17.7. The number of hydrogen-bond acceptors (Lipinski definition) is 7. The minimum atomic E-state index is -4.38. The van der Waals surface area contributed by atoms with Gasteiger partial charge in [0.2, 0.25) is 0 Å². The molecule has 2 aliphatic heterocycles. The first kappa shape index (κ1) is 23.7. The van der Waals surface area contributed by atoms with Crippen molar-refractivity contribution >= 4 is 28.7 Å². The van der Waals surface area contributed by atoms with Crippen molar-refractivity contribution in [3.63, 3.8) is 0 Å². The van der Waals surface area contributed by atoms with Crippen LogP contribution >= 0.6 is 0 Å². The van der Waals surface area contributed by atoms with Gasteiger partial charge in [0.1, 0.15) is 17.7 Å². The molecule has 3 N–H and O–H groups in total. The third-order valence-corrected chi connectivity index (χ3v) is 6.05. The summed E-state index contributed by atoms with van der Waals surface area (Å²) < 4.78 is 39.0. The van der Waals surface area contributed by atoms with Crippen molar-refractivity contribution < 1.29 is 13.2 Å². The van der Waals surface area contributed by atoms with Gasteiger partial charge in [-0.25, -0.2) is 9.97 Å². The second-order valence-electron chi connectivity index (χ2n) is 8.61. The first-order valence-electron chi connectivity index (χ1n) is 11.4. The molecule has 0 amide bonds. The largest absolute Gasteiger partial charge is 0.408 e. The number of nitrogens with one attached hydrogen (secondary N) is 3. The highest BCUT2D eigenvalue weighted by Gasteiger charge is 2.39. The van der Waals surface area contributed by atoms with E-state index in [4.69, 9.17) is 4.98 Å². The zero-order chi connectivity index (χ0) is 24.5. The quantitative estimate of drug-likeness (QED) is 0.484. The van der Waals surface area contributed by atoms with E-state index in [1.54, 1.807) is 12.3 Å². The van der Waals surface area contributed by atoms with E-state index in [0.29, 0.717) is 23.2 Å². The summed E-state index contributed by atoms with van der Waals surface area (Å²) in [5.74, 6) is 1.90. The number of pyridine rings is 2. The monoisotopic (exact) mass is 473 g/mol. The van der Waals surface area contributed by atoms with Crippen molar-refractivity contribution in [2.75, 3.05) is 40.1 Å². The van der Waals surface area contributed by atoms with Crippen LogP contribution in [-0.4, -0.2) is 47.9 Å². The molecule has 0 saturated carbocycles. The summed E-state index contributed by atoms with van der Waals surface area (Å²) in [6.07, 6.45) is -0.721. The van der Waals surface area contributed by atoms with Crippen LogP contribution in [0.25, 0.3) is 5.70 Å². The van der Waals surface area contributed by atoms with E-state index in [1.165, 1.54) is 0 Å². The third-order valence-electron chi connectivity index (χ3n) is 6.05. The van der Waals surface area contributed by atoms with Crippen LogP contribution in [0.2, 0.25) is 0 Å². The lowest BCUT2D eigenvalue weighted by atomic mass is 10.1. The highest BCUT2D eigenvalue weighted by Crippen LogP contribution is 2.41. The molecular weight excluding hydrogens is 443 g/mol. The molecule has 0 spiro atoms. The molecule has 2 aliphatic rings. The van der Waals surface area contributed by atoms with Crippen molar-refractivity contribution in [3.8, 4) is 0 Å². The van der Waals surface area contributed by atoms with Crippen LogP contribution in [0.4, 0.5) is 36.2 Å². The van der Waals surface area contributed by atoms with E-state index in [-0.39, 0.29) is 11.7 Å². The van der Waals surface area contributed by atoms with E-state index in [2.05, 4.69) is 45.9 Å². The molecule has 2 aromatic rings. The molecule has 2 atom stereocenters. The standard InChI is InChI=1S/C24H30F3N7/c1-5-10-28-18-8-11-29-22(13-18)31-17(4)34-19-9-12-33(14-19)21-7-6-20(32-23(21)34)15(2)30-16(3)24(25,26)27/h6-8,11,13,16,19,30H,2,4-5,9-10,12,14H2,1,3H3,(H2,28,29,31)/t16-,19?/m1/s1. The van der Waals surface area contributed by atoms with E-state index >= 15 is 0 Å². The van der Waals surface area contributed by atoms with Crippen LogP contribution in [-0.2, 0) is 0 Å². The fourth-order valence-corrected chi connectivity index (χ4v) is 4.23. The molecule has 1 unspecified atom stereocenters. The number of nitrogens with zero attached hydrogens (tertiary/aromatic N) is 4. The summed E-state index contributed by atoms with van der Waals surface area (Å²) in [6.45, 7) is 13.8. The van der Waals surface area contributed by atoms with Gasteiger partial charge >= 0.3 is 6.18 Å². The molecule has 182 valence electrons. The second-order valence-corrected chi connectivity index (χ2v) is 8.61. The van der Waals surface area contributed by atoms with Gasteiger partial charge in [0.05, 0.1) is 23.1 Å². The minimum Gasteiger partial charge on any atom is -0.385 e. The second kappa shape index (κ2) is 9.44. The van der Waals surface area contributed by atoms with E-state index < -0.39 is 12.2 Å². The zero-order valence-electron chi connectivity index (χ0n) is 19.4. The maximum absolute atomic E-state index is 13.0. The molecule has 0 aliphatic carbocycles. The van der Waals surface area contributed by atoms with Crippen LogP contribution in [0.15, 0.2) is 49.4 Å². The first-order chi connectivity index (χ1) is 16.2. The number of alkyl halides is 3. The van der Waals surface area contributed by atoms with Gasteiger partial charge in [-0.1, -0.05) is 20.1 Å². The van der Waals surface area contributed by atoms with Gasteiger partial charge in [0.25, 0.3) is 0 Å². The van der Waals surface area contributed by atoms with Crippen LogP contribution in [0.3, 0.4) is 0 Å². The summed E-state index contributed by atoms with van der Waals surface area (Å²) in [5, 5.41) is 9.04. The third kappa shape index (κ3) is 4.90. The van der Waals surface area contributed by atoms with Gasteiger partial charge < -0.3 is 25.8 Å². The Kier molecular flexibility index (Phi) is 6.58. The van der Waals surface area contributed by atoms with Crippen molar-refractivity contribution in [2.24, 2.45) is 0 Å². The molecule has 4 rings (SSSR count). The first-order valence-corrected chi connectivity index (χ1v) is 11.4. The smallest absolute Gasteiger partial charge is 0.385 e. The average Bonchev–Trinajstić information content (AvgIpc) is 3.21. The Hall–Kier alpha value is -3.43. The van der Waals surface area contributed by atoms with Gasteiger partial charge in [0.15, 0.2) is 5.82 Å². The Morgan fingerprint density at radius 3 is 2.79 bits per heavy atom. The lowest BCUT2D eigenvalue weighted by molar-refractivity contribution is -0.148. The zero-order valence-corrected chi connectivity index (χ0v) is 19.4. The maximum Gasteiger partial charge on any atom is 0.408 e. The minimum absolute atomic E-state index is 0.121. The summed E-state index contributed by atoms with van der Waals surface area (Å²) in [4.78, 5) is 13.4. The van der Waals surface area contributed by atoms with E-state index in [1.807, 2.05) is 23.1 Å². The molecular formula is C24H30F3N7. The van der Waals surface area contributed by atoms with Crippen LogP contribution in [0, 0.1) is 0 Å². The number of rotatable bonds is 9. The molecule has 2 aromatic heterocycles. The molecule has 2 bridgehead atoms. The number of fused-ring (bicyclic) bond motifs is 4. The Morgan fingerprint density at radius 1 is 1.26 bits per heavy atom. The predicted molar refractivity (Wildman–Crippen MR) is 131 cm³/mol. The van der Waals surface area contributed by atoms with Crippen LogP contribution in [0.5, 0.6) is 0 Å². The molecule has 0 radical (unpaired) electrons.